The molecule has 1 atom stereocenters. The summed E-state index contributed by atoms with van der Waals surface area (Å²) in [5, 5.41) is 0. The second-order valence-corrected chi connectivity index (χ2v) is 1.71. The molecule has 2 N–H and O–H groups in total. The minimum atomic E-state index is -0.880. The Kier molecular flexibility index (Phi) is 4.88. The molecule has 0 aromatic carbocycles. The zero-order valence-electron chi connectivity index (χ0n) is 5.55. The van der Waals surface area contributed by atoms with Crippen LogP contribution < -0.4 is 5.73 Å². The summed E-state index contributed by atoms with van der Waals surface area (Å²) >= 11 is 0. The smallest absolute Gasteiger partial charge is 0.122 e. The van der Waals surface area contributed by atoms with Crippen molar-refractivity contribution in [3.05, 3.63) is 24.4 Å². The molecule has 0 spiro atoms. The Hall–Kier alpha value is -0.790. The van der Waals surface area contributed by atoms with E-state index in [9.17, 15) is 4.39 Å². The molecule has 0 saturated heterocycles. The lowest BCUT2D eigenvalue weighted by molar-refractivity contribution is 0.403. The summed E-state index contributed by atoms with van der Waals surface area (Å²) in [6.07, 6.45) is 5.64. The minimum absolute atomic E-state index is 0.376. The highest BCUT2D eigenvalue weighted by Gasteiger charge is 1.94. The van der Waals surface area contributed by atoms with Crippen molar-refractivity contribution in [1.29, 1.82) is 0 Å². The summed E-state index contributed by atoms with van der Waals surface area (Å²) in [6.45, 7) is 1.79. The summed E-state index contributed by atoms with van der Waals surface area (Å²) in [5.41, 5.74) is 5.00. The molecule has 1 unspecified atom stereocenters. The van der Waals surface area contributed by atoms with E-state index in [0.29, 0.717) is 6.42 Å². The highest BCUT2D eigenvalue weighted by atomic mass is 19.1. The molecule has 1 nitrogen and oxygen atoms in total. The normalized spacial score (nSPS) is 15.3. The van der Waals surface area contributed by atoms with Gasteiger partial charge in [-0.05, 0) is 13.1 Å². The Bertz CT molecular complexity index is 107. The molecule has 0 bridgehead atoms. The van der Waals surface area contributed by atoms with Gasteiger partial charge in [0.05, 0.1) is 0 Å². The van der Waals surface area contributed by atoms with E-state index >= 15 is 0 Å². The summed E-state index contributed by atoms with van der Waals surface area (Å²) in [7, 11) is 0. The molecule has 0 fully saturated rings. The van der Waals surface area contributed by atoms with Gasteiger partial charge in [0.1, 0.15) is 6.17 Å². The zero-order chi connectivity index (χ0) is 7.11. The Morgan fingerprint density at radius 3 is 2.78 bits per heavy atom. The van der Waals surface area contributed by atoms with E-state index in [0.717, 1.165) is 0 Å². The summed E-state index contributed by atoms with van der Waals surface area (Å²) < 4.78 is 12.4. The Morgan fingerprint density at radius 1 is 1.67 bits per heavy atom. The molecule has 52 valence electrons. The summed E-state index contributed by atoms with van der Waals surface area (Å²) in [5.74, 6) is 0. The van der Waals surface area contributed by atoms with E-state index in [1.165, 1.54) is 12.3 Å². The van der Waals surface area contributed by atoms with E-state index in [-0.39, 0.29) is 0 Å². The first-order valence-corrected chi connectivity index (χ1v) is 2.95. The first kappa shape index (κ1) is 8.21. The lowest BCUT2D eigenvalue weighted by Gasteiger charge is -1.93. The number of hydrogen-bond acceptors (Lipinski definition) is 1. The van der Waals surface area contributed by atoms with Crippen LogP contribution in [0.1, 0.15) is 13.3 Å². The maximum absolute atomic E-state index is 12.4. The zero-order valence-corrected chi connectivity index (χ0v) is 5.55. The molecule has 0 aromatic rings. The van der Waals surface area contributed by atoms with Gasteiger partial charge < -0.3 is 5.73 Å². The third kappa shape index (κ3) is 5.07. The molecule has 0 aromatic heterocycles. The fourth-order valence-corrected chi connectivity index (χ4v) is 0.496. The van der Waals surface area contributed by atoms with Crippen LogP contribution in [-0.2, 0) is 0 Å². The van der Waals surface area contributed by atoms with E-state index in [4.69, 9.17) is 5.73 Å². The van der Waals surface area contributed by atoms with Gasteiger partial charge in [0.15, 0.2) is 0 Å². The van der Waals surface area contributed by atoms with Crippen LogP contribution in [0.5, 0.6) is 0 Å². The molecule has 0 aliphatic rings. The van der Waals surface area contributed by atoms with Gasteiger partial charge in [0, 0.05) is 6.42 Å². The second kappa shape index (κ2) is 5.35. The molecular formula is C7H12FN. The van der Waals surface area contributed by atoms with Crippen LogP contribution in [0.25, 0.3) is 0 Å². The van der Waals surface area contributed by atoms with Crippen molar-refractivity contribution in [3.8, 4) is 0 Å². The predicted octanol–water partition coefficient (Wildman–Crippen LogP) is 1.76. The van der Waals surface area contributed by atoms with Gasteiger partial charge >= 0.3 is 0 Å². The number of hydrogen-bond donors (Lipinski definition) is 1. The van der Waals surface area contributed by atoms with Gasteiger partial charge in [-0.2, -0.15) is 0 Å². The maximum atomic E-state index is 12.4. The quantitative estimate of drug-likeness (QED) is 0.577. The highest BCUT2D eigenvalue weighted by molar-refractivity contribution is 4.91. The fraction of sp³-hybridized carbons (Fsp3) is 0.429. The lowest BCUT2D eigenvalue weighted by atomic mass is 10.2. The Balaban J connectivity index is 3.37. The molecule has 0 radical (unpaired) electrons. The Labute approximate surface area is 55.1 Å². The van der Waals surface area contributed by atoms with Crippen molar-refractivity contribution in [2.45, 2.75) is 19.5 Å². The summed E-state index contributed by atoms with van der Waals surface area (Å²) in [4.78, 5) is 0. The molecule has 0 amide bonds. The average Bonchev–Trinajstić information content (AvgIpc) is 1.85. The fourth-order valence-electron chi connectivity index (χ4n) is 0.496. The first-order chi connectivity index (χ1) is 4.31. The van der Waals surface area contributed by atoms with Gasteiger partial charge in [0.25, 0.3) is 0 Å². The topological polar surface area (TPSA) is 26.0 Å². The van der Waals surface area contributed by atoms with Crippen LogP contribution in [0.3, 0.4) is 0 Å². The van der Waals surface area contributed by atoms with E-state index < -0.39 is 6.17 Å². The van der Waals surface area contributed by atoms with E-state index in [1.807, 2.05) is 0 Å². The molecule has 0 heterocycles. The summed E-state index contributed by atoms with van der Waals surface area (Å²) in [6, 6.07) is 0. The van der Waals surface area contributed by atoms with Crippen LogP contribution in [0.2, 0.25) is 0 Å². The third-order valence-electron chi connectivity index (χ3n) is 0.899. The number of halogens is 1. The highest BCUT2D eigenvalue weighted by Crippen LogP contribution is 1.99. The van der Waals surface area contributed by atoms with Crippen molar-refractivity contribution in [1.82, 2.24) is 0 Å². The van der Waals surface area contributed by atoms with Crippen molar-refractivity contribution in [2.24, 2.45) is 5.73 Å². The largest absolute Gasteiger partial charge is 0.405 e. The number of allylic oxidation sites excluding steroid dienone is 3. The van der Waals surface area contributed by atoms with E-state index in [2.05, 4.69) is 0 Å². The van der Waals surface area contributed by atoms with Crippen LogP contribution in [0.4, 0.5) is 4.39 Å². The van der Waals surface area contributed by atoms with Crippen molar-refractivity contribution in [3.63, 3.8) is 0 Å². The molecule has 0 aliphatic heterocycles. The van der Waals surface area contributed by atoms with Crippen molar-refractivity contribution in [2.75, 3.05) is 0 Å². The van der Waals surface area contributed by atoms with Crippen molar-refractivity contribution >= 4 is 0 Å². The SMILES string of the molecule is C/C=C\C(F)C/C=C/N. The first-order valence-electron chi connectivity index (χ1n) is 2.95. The average molecular weight is 129 g/mol. The molecule has 0 aliphatic carbocycles. The lowest BCUT2D eigenvalue weighted by Crippen LogP contribution is -1.91. The van der Waals surface area contributed by atoms with Crippen LogP contribution >= 0.6 is 0 Å². The molecule has 0 rings (SSSR count). The number of rotatable bonds is 3. The van der Waals surface area contributed by atoms with Gasteiger partial charge in [-0.25, -0.2) is 4.39 Å². The molecule has 0 saturated carbocycles. The third-order valence-corrected chi connectivity index (χ3v) is 0.899. The molecular weight excluding hydrogens is 117 g/mol. The van der Waals surface area contributed by atoms with Gasteiger partial charge in [-0.1, -0.05) is 18.2 Å². The Morgan fingerprint density at radius 2 is 2.33 bits per heavy atom. The van der Waals surface area contributed by atoms with Crippen LogP contribution in [0, 0.1) is 0 Å². The van der Waals surface area contributed by atoms with Crippen LogP contribution in [-0.4, -0.2) is 6.17 Å². The molecule has 9 heavy (non-hydrogen) atoms. The number of alkyl halides is 1. The van der Waals surface area contributed by atoms with Crippen LogP contribution in [0.15, 0.2) is 24.4 Å². The maximum Gasteiger partial charge on any atom is 0.122 e. The predicted molar refractivity (Wildman–Crippen MR) is 37.7 cm³/mol. The number of nitrogens with two attached hydrogens (primary N) is 1. The van der Waals surface area contributed by atoms with Crippen molar-refractivity contribution < 1.29 is 4.39 Å². The van der Waals surface area contributed by atoms with Gasteiger partial charge in [-0.3, -0.25) is 0 Å². The van der Waals surface area contributed by atoms with Gasteiger partial charge in [0.2, 0.25) is 0 Å². The van der Waals surface area contributed by atoms with E-state index in [1.54, 1.807) is 19.1 Å². The second-order valence-electron chi connectivity index (χ2n) is 1.71. The monoisotopic (exact) mass is 129 g/mol. The molecule has 2 heteroatoms. The standard InChI is InChI=1S/C7H12FN/c1-2-4-7(8)5-3-6-9/h2-4,6-7H,5,9H2,1H3/b4-2-,6-3+. The minimum Gasteiger partial charge on any atom is -0.405 e. The van der Waals surface area contributed by atoms with Gasteiger partial charge in [-0.15, -0.1) is 0 Å².